The van der Waals surface area contributed by atoms with Crippen molar-refractivity contribution in [3.63, 3.8) is 0 Å². The van der Waals surface area contributed by atoms with Crippen LogP contribution in [-0.4, -0.2) is 29.0 Å². The highest BCUT2D eigenvalue weighted by Crippen LogP contribution is 2.29. The maximum Gasteiger partial charge on any atom is 0.387 e. The molecule has 0 saturated carbocycles. The van der Waals surface area contributed by atoms with Crippen molar-refractivity contribution in [2.45, 2.75) is 13.2 Å². The number of fused-ring (bicyclic) bond motifs is 1. The van der Waals surface area contributed by atoms with Gasteiger partial charge in [-0.25, -0.2) is 4.98 Å². The van der Waals surface area contributed by atoms with Crippen molar-refractivity contribution in [1.82, 2.24) is 14.7 Å². The number of nitrogens with one attached hydrogen (secondary N) is 1. The average molecular weight is 375 g/mol. The summed E-state index contributed by atoms with van der Waals surface area (Å²) >= 11 is 0. The quantitative estimate of drug-likeness (QED) is 0.715. The van der Waals surface area contributed by atoms with Crippen molar-refractivity contribution in [1.29, 1.82) is 0 Å². The molecule has 1 aromatic carbocycles. The maximum absolute atomic E-state index is 12.4. The molecule has 3 rings (SSSR count). The standard InChI is InChI=1S/C18H15F2N3O4/c1-26-14-8-11(5-6-13(14)27-18(19)20)9-22-16(24)12-10-21-15-4-2-3-7-23(15)17(12)25/h2-8,10,18H,9H2,1H3,(H,22,24). The molecule has 27 heavy (non-hydrogen) atoms. The molecule has 7 nitrogen and oxygen atoms in total. The van der Waals surface area contributed by atoms with E-state index in [1.807, 2.05) is 0 Å². The van der Waals surface area contributed by atoms with E-state index in [0.717, 1.165) is 0 Å². The van der Waals surface area contributed by atoms with E-state index in [1.165, 1.54) is 42.1 Å². The number of ether oxygens (including phenoxy) is 2. The molecule has 140 valence electrons. The number of carbonyl (C=O) groups excluding carboxylic acids is 1. The van der Waals surface area contributed by atoms with Gasteiger partial charge in [-0.1, -0.05) is 12.1 Å². The number of methoxy groups -OCH3 is 1. The summed E-state index contributed by atoms with van der Waals surface area (Å²) in [6.07, 6.45) is 2.74. The number of nitrogens with zero attached hydrogens (tertiary/aromatic N) is 2. The molecule has 0 aliphatic carbocycles. The molecule has 0 unspecified atom stereocenters. The lowest BCUT2D eigenvalue weighted by Gasteiger charge is -2.12. The summed E-state index contributed by atoms with van der Waals surface area (Å²) < 4.78 is 35.3. The van der Waals surface area contributed by atoms with Crippen LogP contribution in [0.1, 0.15) is 15.9 Å². The molecule has 2 aromatic heterocycles. The van der Waals surface area contributed by atoms with Crippen LogP contribution in [0, 0.1) is 0 Å². The molecule has 1 N–H and O–H groups in total. The summed E-state index contributed by atoms with van der Waals surface area (Å²) in [6.45, 7) is -2.92. The summed E-state index contributed by atoms with van der Waals surface area (Å²) in [5, 5.41) is 2.60. The Morgan fingerprint density at radius 1 is 1.26 bits per heavy atom. The molecule has 0 spiro atoms. The Morgan fingerprint density at radius 3 is 2.81 bits per heavy atom. The number of rotatable bonds is 6. The lowest BCUT2D eigenvalue weighted by Crippen LogP contribution is -2.31. The minimum absolute atomic E-state index is 0.0566. The largest absolute Gasteiger partial charge is 0.493 e. The van der Waals surface area contributed by atoms with Crippen molar-refractivity contribution in [3.8, 4) is 11.5 Å². The zero-order chi connectivity index (χ0) is 19.4. The van der Waals surface area contributed by atoms with Crippen LogP contribution in [0.3, 0.4) is 0 Å². The van der Waals surface area contributed by atoms with Gasteiger partial charge >= 0.3 is 6.61 Å². The number of halogens is 2. The summed E-state index contributed by atoms with van der Waals surface area (Å²) in [6, 6.07) is 9.33. The van der Waals surface area contributed by atoms with Crippen LogP contribution in [0.25, 0.3) is 5.65 Å². The van der Waals surface area contributed by atoms with E-state index in [0.29, 0.717) is 11.2 Å². The number of aromatic nitrogens is 2. The predicted molar refractivity (Wildman–Crippen MR) is 92.3 cm³/mol. The second kappa shape index (κ2) is 7.81. The molecule has 2 heterocycles. The normalized spacial score (nSPS) is 10.8. The second-order valence-corrected chi connectivity index (χ2v) is 5.45. The van der Waals surface area contributed by atoms with Gasteiger partial charge in [-0.3, -0.25) is 14.0 Å². The number of benzene rings is 1. The fraction of sp³-hybridized carbons (Fsp3) is 0.167. The van der Waals surface area contributed by atoms with Crippen LogP contribution in [0.4, 0.5) is 8.78 Å². The van der Waals surface area contributed by atoms with Gasteiger partial charge in [0, 0.05) is 18.9 Å². The fourth-order valence-electron chi connectivity index (χ4n) is 2.48. The highest BCUT2D eigenvalue weighted by atomic mass is 19.3. The second-order valence-electron chi connectivity index (χ2n) is 5.45. The van der Waals surface area contributed by atoms with Crippen molar-refractivity contribution in [2.75, 3.05) is 7.11 Å². The number of hydrogen-bond donors (Lipinski definition) is 1. The molecule has 1 amide bonds. The smallest absolute Gasteiger partial charge is 0.387 e. The third kappa shape index (κ3) is 4.02. The molecule has 0 fully saturated rings. The van der Waals surface area contributed by atoms with Crippen molar-refractivity contribution in [3.05, 3.63) is 70.3 Å². The van der Waals surface area contributed by atoms with Gasteiger partial charge < -0.3 is 14.8 Å². The molecule has 9 heteroatoms. The summed E-state index contributed by atoms with van der Waals surface area (Å²) in [4.78, 5) is 28.8. The van der Waals surface area contributed by atoms with Gasteiger partial charge in [0.1, 0.15) is 11.2 Å². The van der Waals surface area contributed by atoms with E-state index in [9.17, 15) is 18.4 Å². The zero-order valence-electron chi connectivity index (χ0n) is 14.2. The Kier molecular flexibility index (Phi) is 5.30. The number of hydrogen-bond acceptors (Lipinski definition) is 5. The van der Waals surface area contributed by atoms with E-state index in [4.69, 9.17) is 4.74 Å². The highest BCUT2D eigenvalue weighted by molar-refractivity contribution is 5.93. The Bertz CT molecular complexity index is 1040. The Balaban J connectivity index is 1.76. The van der Waals surface area contributed by atoms with Crippen LogP contribution in [0.2, 0.25) is 0 Å². The minimum atomic E-state index is -2.97. The van der Waals surface area contributed by atoms with E-state index in [2.05, 4.69) is 15.0 Å². The molecule has 0 bridgehead atoms. The number of alkyl halides is 2. The van der Waals surface area contributed by atoms with Crippen molar-refractivity contribution >= 4 is 11.6 Å². The van der Waals surface area contributed by atoms with Gasteiger partial charge in [0.15, 0.2) is 11.5 Å². The third-order valence-corrected chi connectivity index (χ3v) is 3.76. The van der Waals surface area contributed by atoms with Crippen LogP contribution in [-0.2, 0) is 6.54 Å². The van der Waals surface area contributed by atoms with Gasteiger partial charge in [-0.05, 0) is 29.8 Å². The third-order valence-electron chi connectivity index (χ3n) is 3.76. The molecule has 0 saturated heterocycles. The summed E-state index contributed by atoms with van der Waals surface area (Å²) in [5.74, 6) is -0.605. The van der Waals surface area contributed by atoms with E-state index >= 15 is 0 Å². The molecule has 0 aliphatic heterocycles. The highest BCUT2D eigenvalue weighted by Gasteiger charge is 2.14. The topological polar surface area (TPSA) is 81.9 Å². The fourth-order valence-corrected chi connectivity index (χ4v) is 2.48. The van der Waals surface area contributed by atoms with E-state index in [-0.39, 0.29) is 23.6 Å². The Labute approximate surface area is 152 Å². The number of carbonyl (C=O) groups is 1. The lowest BCUT2D eigenvalue weighted by atomic mass is 10.2. The monoisotopic (exact) mass is 375 g/mol. The maximum atomic E-state index is 12.4. The van der Waals surface area contributed by atoms with E-state index in [1.54, 1.807) is 18.2 Å². The molecule has 0 atom stereocenters. The van der Waals surface area contributed by atoms with E-state index < -0.39 is 18.1 Å². The van der Waals surface area contributed by atoms with Gasteiger partial charge in [0.2, 0.25) is 0 Å². The van der Waals surface area contributed by atoms with Gasteiger partial charge in [0.25, 0.3) is 11.5 Å². The first-order chi connectivity index (χ1) is 13.0. The number of pyridine rings is 1. The Morgan fingerprint density at radius 2 is 2.07 bits per heavy atom. The van der Waals surface area contributed by atoms with Crippen LogP contribution in [0.5, 0.6) is 11.5 Å². The summed E-state index contributed by atoms with van der Waals surface area (Å²) in [5.41, 5.74) is 0.411. The first kappa shape index (κ1) is 18.3. The van der Waals surface area contributed by atoms with Crippen molar-refractivity contribution in [2.24, 2.45) is 0 Å². The van der Waals surface area contributed by atoms with Gasteiger partial charge in [-0.15, -0.1) is 0 Å². The molecular formula is C18H15F2N3O4. The predicted octanol–water partition coefficient (Wildman–Crippen LogP) is 2.23. The first-order valence-electron chi connectivity index (χ1n) is 7.86. The SMILES string of the molecule is COc1cc(CNC(=O)c2cnc3ccccn3c2=O)ccc1OC(F)F. The minimum Gasteiger partial charge on any atom is -0.493 e. The van der Waals surface area contributed by atoms with Crippen molar-refractivity contribution < 1.29 is 23.0 Å². The zero-order valence-corrected chi connectivity index (χ0v) is 14.2. The summed E-state index contributed by atoms with van der Waals surface area (Å²) in [7, 11) is 1.32. The lowest BCUT2D eigenvalue weighted by molar-refractivity contribution is -0.0512. The molecule has 0 radical (unpaired) electrons. The molecule has 3 aromatic rings. The van der Waals surface area contributed by atoms with Gasteiger partial charge in [-0.2, -0.15) is 8.78 Å². The Hall–Kier alpha value is -3.49. The average Bonchev–Trinajstić information content (AvgIpc) is 2.67. The number of amides is 1. The van der Waals surface area contributed by atoms with Crippen LogP contribution < -0.4 is 20.3 Å². The molecule has 0 aliphatic rings. The molecular weight excluding hydrogens is 360 g/mol. The van der Waals surface area contributed by atoms with Crippen LogP contribution in [0.15, 0.2) is 53.6 Å². The first-order valence-corrected chi connectivity index (χ1v) is 7.86. The van der Waals surface area contributed by atoms with Gasteiger partial charge in [0.05, 0.1) is 7.11 Å². The van der Waals surface area contributed by atoms with Crippen LogP contribution >= 0.6 is 0 Å².